The highest BCUT2D eigenvalue weighted by molar-refractivity contribution is 5.13. The van der Waals surface area contributed by atoms with E-state index in [1.165, 1.54) is 31.4 Å². The van der Waals surface area contributed by atoms with Crippen molar-refractivity contribution >= 4 is 0 Å². The van der Waals surface area contributed by atoms with Crippen LogP contribution in [0.1, 0.15) is 70.7 Å². The highest BCUT2D eigenvalue weighted by Crippen LogP contribution is 2.36. The van der Waals surface area contributed by atoms with E-state index in [-0.39, 0.29) is 0 Å². The summed E-state index contributed by atoms with van der Waals surface area (Å²) < 4.78 is 2.06. The molecule has 0 atom stereocenters. The van der Waals surface area contributed by atoms with Gasteiger partial charge in [-0.3, -0.25) is 4.68 Å². The molecule has 1 aromatic heterocycles. The molecule has 0 bridgehead atoms. The Morgan fingerprint density at radius 2 is 2.00 bits per heavy atom. The average molecular weight is 278 g/mol. The topological polar surface area (TPSA) is 38.1 Å². The molecule has 114 valence electrons. The van der Waals surface area contributed by atoms with Crippen LogP contribution < -0.4 is 0 Å². The van der Waals surface area contributed by atoms with Gasteiger partial charge >= 0.3 is 0 Å². The Morgan fingerprint density at radius 3 is 2.55 bits per heavy atom. The number of hydrogen-bond donors (Lipinski definition) is 1. The largest absolute Gasteiger partial charge is 0.389 e. The molecule has 1 aliphatic carbocycles. The Kier molecular flexibility index (Phi) is 5.25. The molecule has 1 fully saturated rings. The van der Waals surface area contributed by atoms with Crippen LogP contribution in [0.5, 0.6) is 0 Å². The summed E-state index contributed by atoms with van der Waals surface area (Å²) in [6.45, 7) is 7.41. The number of aromatic nitrogens is 2. The molecule has 0 radical (unpaired) electrons. The van der Waals surface area contributed by atoms with Crippen LogP contribution in [0.4, 0.5) is 0 Å². The van der Waals surface area contributed by atoms with Gasteiger partial charge in [0.25, 0.3) is 0 Å². The van der Waals surface area contributed by atoms with Gasteiger partial charge in [0.2, 0.25) is 0 Å². The minimum atomic E-state index is -0.498. The quantitative estimate of drug-likeness (QED) is 0.861. The zero-order valence-corrected chi connectivity index (χ0v) is 13.4. The summed E-state index contributed by atoms with van der Waals surface area (Å²) in [5.74, 6) is 0.836. The molecule has 3 heteroatoms. The van der Waals surface area contributed by atoms with E-state index in [2.05, 4.69) is 36.6 Å². The van der Waals surface area contributed by atoms with Crippen LogP contribution in [-0.4, -0.2) is 20.5 Å². The first-order chi connectivity index (χ1) is 9.60. The predicted octanol–water partition coefficient (Wildman–Crippen LogP) is 3.73. The van der Waals surface area contributed by atoms with Crippen molar-refractivity contribution in [1.29, 1.82) is 0 Å². The SMILES string of the molecule is CCCC1CCC(O)(Cc2cc(CC)nn2CC)CC1. The van der Waals surface area contributed by atoms with Gasteiger partial charge in [-0.1, -0.05) is 26.7 Å². The Labute approximate surface area is 123 Å². The van der Waals surface area contributed by atoms with Crippen molar-refractivity contribution in [1.82, 2.24) is 9.78 Å². The third-order valence-corrected chi connectivity index (χ3v) is 4.82. The maximum absolute atomic E-state index is 10.9. The summed E-state index contributed by atoms with van der Waals surface area (Å²) in [6, 6.07) is 2.18. The summed E-state index contributed by atoms with van der Waals surface area (Å²) >= 11 is 0. The first-order valence-electron chi connectivity index (χ1n) is 8.38. The molecule has 1 heterocycles. The van der Waals surface area contributed by atoms with E-state index >= 15 is 0 Å². The summed E-state index contributed by atoms with van der Waals surface area (Å²) in [6.07, 6.45) is 8.61. The van der Waals surface area contributed by atoms with Crippen LogP contribution in [0.25, 0.3) is 0 Å². The van der Waals surface area contributed by atoms with Gasteiger partial charge in [0, 0.05) is 18.7 Å². The molecule has 3 nitrogen and oxygen atoms in total. The van der Waals surface area contributed by atoms with E-state index in [9.17, 15) is 5.11 Å². The van der Waals surface area contributed by atoms with Gasteiger partial charge in [-0.05, 0) is 51.0 Å². The maximum Gasteiger partial charge on any atom is 0.0703 e. The van der Waals surface area contributed by atoms with Crippen molar-refractivity contribution in [2.24, 2.45) is 5.92 Å². The highest BCUT2D eigenvalue weighted by atomic mass is 16.3. The van der Waals surface area contributed by atoms with Gasteiger partial charge in [-0.2, -0.15) is 5.10 Å². The van der Waals surface area contributed by atoms with Crippen LogP contribution in [0.3, 0.4) is 0 Å². The Bertz CT molecular complexity index is 417. The molecule has 1 aliphatic rings. The van der Waals surface area contributed by atoms with Crippen LogP contribution in [0.2, 0.25) is 0 Å². The number of hydrogen-bond acceptors (Lipinski definition) is 2. The molecular weight excluding hydrogens is 248 g/mol. The Hall–Kier alpha value is -0.830. The van der Waals surface area contributed by atoms with Crippen molar-refractivity contribution in [3.05, 3.63) is 17.5 Å². The van der Waals surface area contributed by atoms with Crippen molar-refractivity contribution in [3.8, 4) is 0 Å². The van der Waals surface area contributed by atoms with E-state index < -0.39 is 5.60 Å². The van der Waals surface area contributed by atoms with Gasteiger partial charge < -0.3 is 5.11 Å². The summed E-state index contributed by atoms with van der Waals surface area (Å²) in [5, 5.41) is 15.5. The van der Waals surface area contributed by atoms with Crippen molar-refractivity contribution in [2.75, 3.05) is 0 Å². The van der Waals surface area contributed by atoms with E-state index in [0.717, 1.165) is 43.8 Å². The fourth-order valence-electron chi connectivity index (χ4n) is 3.53. The van der Waals surface area contributed by atoms with Gasteiger partial charge in [0.15, 0.2) is 0 Å². The lowest BCUT2D eigenvalue weighted by Crippen LogP contribution is -2.37. The van der Waals surface area contributed by atoms with Gasteiger partial charge in [-0.15, -0.1) is 0 Å². The lowest BCUT2D eigenvalue weighted by Gasteiger charge is -2.36. The maximum atomic E-state index is 10.9. The van der Waals surface area contributed by atoms with Crippen molar-refractivity contribution in [2.45, 2.75) is 84.3 Å². The molecule has 20 heavy (non-hydrogen) atoms. The van der Waals surface area contributed by atoms with Crippen LogP contribution in [0, 0.1) is 5.92 Å². The molecule has 1 N–H and O–H groups in total. The number of rotatable bonds is 6. The van der Waals surface area contributed by atoms with Crippen molar-refractivity contribution in [3.63, 3.8) is 0 Å². The molecule has 1 saturated carbocycles. The Morgan fingerprint density at radius 1 is 1.30 bits per heavy atom. The van der Waals surface area contributed by atoms with E-state index in [4.69, 9.17) is 0 Å². The summed E-state index contributed by atoms with van der Waals surface area (Å²) in [4.78, 5) is 0. The second-order valence-electron chi connectivity index (χ2n) is 6.43. The first-order valence-corrected chi connectivity index (χ1v) is 8.38. The fourth-order valence-corrected chi connectivity index (χ4v) is 3.53. The smallest absolute Gasteiger partial charge is 0.0703 e. The minimum absolute atomic E-state index is 0.498. The molecule has 0 saturated heterocycles. The van der Waals surface area contributed by atoms with Crippen molar-refractivity contribution < 1.29 is 5.11 Å². The lowest BCUT2D eigenvalue weighted by molar-refractivity contribution is -0.0114. The lowest BCUT2D eigenvalue weighted by atomic mass is 9.75. The predicted molar refractivity (Wildman–Crippen MR) is 82.8 cm³/mol. The molecule has 0 unspecified atom stereocenters. The second-order valence-corrected chi connectivity index (χ2v) is 6.43. The monoisotopic (exact) mass is 278 g/mol. The van der Waals surface area contributed by atoms with Gasteiger partial charge in [0.1, 0.15) is 0 Å². The molecule has 0 spiro atoms. The third kappa shape index (κ3) is 3.63. The second kappa shape index (κ2) is 6.75. The Balaban J connectivity index is 2.00. The van der Waals surface area contributed by atoms with E-state index in [0.29, 0.717) is 0 Å². The van der Waals surface area contributed by atoms with Crippen LogP contribution in [-0.2, 0) is 19.4 Å². The standard InChI is InChI=1S/C17H30N2O/c1-4-7-14-8-10-17(20,11-9-14)13-16-12-15(5-2)18-19(16)6-3/h12,14,20H,4-11,13H2,1-3H3. The average Bonchev–Trinajstić information content (AvgIpc) is 2.83. The molecular formula is C17H30N2O. The minimum Gasteiger partial charge on any atom is -0.389 e. The number of aryl methyl sites for hydroxylation is 2. The number of nitrogens with zero attached hydrogens (tertiary/aromatic N) is 2. The van der Waals surface area contributed by atoms with E-state index in [1.54, 1.807) is 0 Å². The molecule has 0 aliphatic heterocycles. The van der Waals surface area contributed by atoms with Crippen LogP contribution in [0.15, 0.2) is 6.07 Å². The van der Waals surface area contributed by atoms with E-state index in [1.807, 2.05) is 0 Å². The van der Waals surface area contributed by atoms with Gasteiger partial charge in [0.05, 0.1) is 11.3 Å². The summed E-state index contributed by atoms with van der Waals surface area (Å²) in [5.41, 5.74) is 1.85. The molecule has 0 amide bonds. The highest BCUT2D eigenvalue weighted by Gasteiger charge is 2.33. The first kappa shape index (κ1) is 15.6. The summed E-state index contributed by atoms with van der Waals surface area (Å²) in [7, 11) is 0. The van der Waals surface area contributed by atoms with Gasteiger partial charge in [-0.25, -0.2) is 0 Å². The third-order valence-electron chi connectivity index (χ3n) is 4.82. The zero-order chi connectivity index (χ0) is 14.6. The van der Waals surface area contributed by atoms with Crippen LogP contribution >= 0.6 is 0 Å². The zero-order valence-electron chi connectivity index (χ0n) is 13.4. The number of aliphatic hydroxyl groups is 1. The molecule has 1 aromatic rings. The normalized spacial score (nSPS) is 26.9. The molecule has 0 aromatic carbocycles. The molecule has 2 rings (SSSR count). The fraction of sp³-hybridized carbons (Fsp3) is 0.824.